The fourth-order valence-electron chi connectivity index (χ4n) is 11.1. The van der Waals surface area contributed by atoms with Gasteiger partial charge in [-0.25, -0.2) is 0 Å². The minimum Gasteiger partial charge on any atom is -0.465 e. The first kappa shape index (κ1) is 47.7. The number of esters is 3. The number of rotatable bonds is 32. The molecule has 0 N–H and O–H groups in total. The normalized spacial score (nSPS) is 24.5. The second kappa shape index (κ2) is 26.4. The van der Waals surface area contributed by atoms with Crippen LogP contribution in [0.25, 0.3) is 0 Å². The van der Waals surface area contributed by atoms with Crippen LogP contribution in [0.5, 0.6) is 0 Å². The predicted octanol–water partition coefficient (Wildman–Crippen LogP) is 12.3. The van der Waals surface area contributed by atoms with E-state index in [0.29, 0.717) is 62.8 Å². The second-order valence-electron chi connectivity index (χ2n) is 18.9. The van der Waals surface area contributed by atoms with Gasteiger partial charge in [0.1, 0.15) is 0 Å². The van der Waals surface area contributed by atoms with Gasteiger partial charge in [0.05, 0.1) is 19.8 Å². The Morgan fingerprint density at radius 2 is 1.05 bits per heavy atom. The van der Waals surface area contributed by atoms with Gasteiger partial charge in [-0.1, -0.05) is 119 Å². The zero-order chi connectivity index (χ0) is 39.9. The number of carbonyl (C=O) groups is 3. The highest BCUT2D eigenvalue weighted by Gasteiger charge is 2.58. The molecule has 0 aliphatic heterocycles. The van der Waals surface area contributed by atoms with Crippen LogP contribution in [0.2, 0.25) is 0 Å². The molecule has 4 aliphatic rings. The van der Waals surface area contributed by atoms with Crippen molar-refractivity contribution >= 4 is 17.9 Å². The van der Waals surface area contributed by atoms with Crippen molar-refractivity contribution < 1.29 is 28.6 Å². The standard InChI is InChI=1S/C48H87NO6/c1-7-13-17-22-39(23-18-14-8-2)29-45(51)53-35-43-34-48(38-55-46(52)30-40(24-19-15-9-3)25-20-16-10-4)32-41-28-42(43)33-47(31-41,36-48)37-54-44(50)26-21-27-49(11-5)12-6/h39-43H,7-38H2,1-6H3. The summed E-state index contributed by atoms with van der Waals surface area (Å²) < 4.78 is 18.7. The minimum absolute atomic E-state index is 0.0343. The van der Waals surface area contributed by atoms with Crippen molar-refractivity contribution in [3.05, 3.63) is 0 Å². The van der Waals surface area contributed by atoms with Gasteiger partial charge < -0.3 is 19.1 Å². The van der Waals surface area contributed by atoms with Crippen molar-refractivity contribution in [3.8, 4) is 0 Å². The van der Waals surface area contributed by atoms with Crippen LogP contribution < -0.4 is 0 Å². The Bertz CT molecular complexity index is 1060. The third-order valence-corrected chi connectivity index (χ3v) is 13.9. The maximum atomic E-state index is 13.6. The van der Waals surface area contributed by atoms with E-state index >= 15 is 0 Å². The zero-order valence-corrected chi connectivity index (χ0v) is 36.9. The summed E-state index contributed by atoms with van der Waals surface area (Å²) in [7, 11) is 0. The fourth-order valence-corrected chi connectivity index (χ4v) is 11.1. The molecule has 0 radical (unpaired) electrons. The Hall–Kier alpha value is -1.63. The molecule has 0 aromatic rings. The first-order valence-electron chi connectivity index (χ1n) is 23.8. The summed E-state index contributed by atoms with van der Waals surface area (Å²) in [5, 5.41) is 0. The Labute approximate surface area is 338 Å². The highest BCUT2D eigenvalue weighted by Crippen LogP contribution is 2.64. The summed E-state index contributed by atoms with van der Waals surface area (Å²) in [6.45, 7) is 17.6. The van der Waals surface area contributed by atoms with Gasteiger partial charge in [0, 0.05) is 30.1 Å². The number of nitrogens with zero attached hydrogens (tertiary/aromatic N) is 1. The lowest BCUT2D eigenvalue weighted by Crippen LogP contribution is -2.47. The summed E-state index contributed by atoms with van der Waals surface area (Å²) >= 11 is 0. The molecule has 5 unspecified atom stereocenters. The number of ether oxygens (including phenoxy) is 3. The molecule has 0 saturated heterocycles. The Morgan fingerprint density at radius 3 is 1.55 bits per heavy atom. The van der Waals surface area contributed by atoms with Gasteiger partial charge in [0.2, 0.25) is 0 Å². The van der Waals surface area contributed by atoms with Crippen molar-refractivity contribution in [1.82, 2.24) is 4.90 Å². The Kier molecular flexibility index (Phi) is 22.9. The van der Waals surface area contributed by atoms with Gasteiger partial charge in [-0.2, -0.15) is 0 Å². The van der Waals surface area contributed by atoms with Crippen molar-refractivity contribution in [2.45, 2.75) is 208 Å². The summed E-state index contributed by atoms with van der Waals surface area (Å²) in [6, 6.07) is 0. The molecular weight excluding hydrogens is 687 g/mol. The molecule has 0 heterocycles. The Morgan fingerprint density at radius 1 is 0.582 bits per heavy atom. The van der Waals surface area contributed by atoms with Crippen molar-refractivity contribution in [3.63, 3.8) is 0 Å². The van der Waals surface area contributed by atoms with E-state index in [1.807, 2.05) is 0 Å². The summed E-state index contributed by atoms with van der Waals surface area (Å²) in [4.78, 5) is 42.5. The molecule has 0 aromatic carbocycles. The molecule has 0 amide bonds. The van der Waals surface area contributed by atoms with Crippen molar-refractivity contribution in [2.75, 3.05) is 39.5 Å². The van der Waals surface area contributed by atoms with Crippen molar-refractivity contribution in [1.29, 1.82) is 0 Å². The zero-order valence-electron chi connectivity index (χ0n) is 36.9. The molecular formula is C48H87NO6. The number of unbranched alkanes of at least 4 members (excludes halogenated alkanes) is 8. The van der Waals surface area contributed by atoms with Crippen molar-refractivity contribution in [2.24, 2.45) is 40.4 Å². The molecule has 0 aromatic heterocycles. The molecule has 4 aliphatic carbocycles. The van der Waals surface area contributed by atoms with Gasteiger partial charge >= 0.3 is 17.9 Å². The summed E-state index contributed by atoms with van der Waals surface area (Å²) in [5.74, 6) is 1.84. The molecule has 4 fully saturated rings. The van der Waals surface area contributed by atoms with E-state index < -0.39 is 0 Å². The van der Waals surface area contributed by atoms with E-state index in [9.17, 15) is 14.4 Å². The topological polar surface area (TPSA) is 82.1 Å². The van der Waals surface area contributed by atoms with Crippen LogP contribution in [0.1, 0.15) is 208 Å². The lowest BCUT2D eigenvalue weighted by Gasteiger charge is -2.52. The molecule has 55 heavy (non-hydrogen) atoms. The SMILES string of the molecule is CCCCCC(CCCCC)CC(=O)OCC1CC2(COC(=O)CC(CCCCC)CCCCC)CC3CC1CC(COC(=O)CCCN(CC)CC)(C3)C2. The second-order valence-corrected chi connectivity index (χ2v) is 18.9. The number of fused-ring (bicyclic) bond motifs is 1. The molecule has 4 bridgehead atoms. The van der Waals surface area contributed by atoms with E-state index in [2.05, 4.69) is 46.4 Å². The first-order chi connectivity index (χ1) is 26.6. The van der Waals surface area contributed by atoms with Crippen LogP contribution >= 0.6 is 0 Å². The third-order valence-electron chi connectivity index (χ3n) is 13.9. The largest absolute Gasteiger partial charge is 0.465 e. The molecule has 320 valence electrons. The molecule has 4 rings (SSSR count). The van der Waals surface area contributed by atoms with Gasteiger partial charge in [0.25, 0.3) is 0 Å². The van der Waals surface area contributed by atoms with Gasteiger partial charge in [-0.05, 0) is 120 Å². The average molecular weight is 774 g/mol. The third kappa shape index (κ3) is 17.4. The van der Waals surface area contributed by atoms with Crippen LogP contribution in [0.4, 0.5) is 0 Å². The van der Waals surface area contributed by atoms with Crippen LogP contribution in [0.15, 0.2) is 0 Å². The Balaban J connectivity index is 1.72. The van der Waals surface area contributed by atoms with E-state index in [1.54, 1.807) is 0 Å². The monoisotopic (exact) mass is 774 g/mol. The van der Waals surface area contributed by atoms with E-state index in [4.69, 9.17) is 14.2 Å². The van der Waals surface area contributed by atoms with E-state index in [-0.39, 0.29) is 34.7 Å². The quantitative estimate of drug-likeness (QED) is 0.0382. The maximum absolute atomic E-state index is 13.6. The number of hydrogen-bond acceptors (Lipinski definition) is 7. The van der Waals surface area contributed by atoms with Gasteiger partial charge in [-0.15, -0.1) is 0 Å². The minimum atomic E-state index is -0.168. The predicted molar refractivity (Wildman–Crippen MR) is 226 cm³/mol. The highest BCUT2D eigenvalue weighted by molar-refractivity contribution is 5.70. The lowest BCUT2D eigenvalue weighted by molar-refractivity contribution is -0.158. The summed E-state index contributed by atoms with van der Waals surface area (Å²) in [6.07, 6.45) is 27.3. The average Bonchev–Trinajstić information content (AvgIpc) is 3.33. The summed E-state index contributed by atoms with van der Waals surface area (Å²) in [5.41, 5.74) is -0.267. The van der Waals surface area contributed by atoms with E-state index in [0.717, 1.165) is 90.3 Å². The maximum Gasteiger partial charge on any atom is 0.306 e. The van der Waals surface area contributed by atoms with E-state index in [1.165, 1.54) is 77.0 Å². The lowest BCUT2D eigenvalue weighted by atomic mass is 9.54. The van der Waals surface area contributed by atoms with Crippen LogP contribution in [0, 0.1) is 40.4 Å². The first-order valence-corrected chi connectivity index (χ1v) is 23.8. The molecule has 5 atom stereocenters. The molecule has 7 nitrogen and oxygen atoms in total. The van der Waals surface area contributed by atoms with Crippen LogP contribution in [-0.4, -0.2) is 62.3 Å². The fraction of sp³-hybridized carbons (Fsp3) is 0.938. The number of hydrogen-bond donors (Lipinski definition) is 0. The molecule has 4 saturated carbocycles. The van der Waals surface area contributed by atoms with Crippen LogP contribution in [-0.2, 0) is 28.6 Å². The van der Waals surface area contributed by atoms with Gasteiger partial charge in [0.15, 0.2) is 0 Å². The number of carbonyl (C=O) groups excluding carboxylic acids is 3. The molecule has 7 heteroatoms. The van der Waals surface area contributed by atoms with Crippen LogP contribution in [0.3, 0.4) is 0 Å². The molecule has 0 spiro atoms. The smallest absolute Gasteiger partial charge is 0.306 e. The van der Waals surface area contributed by atoms with Gasteiger partial charge in [-0.3, -0.25) is 14.4 Å². The highest BCUT2D eigenvalue weighted by atomic mass is 16.5.